The van der Waals surface area contributed by atoms with E-state index in [1.165, 1.54) is 38.5 Å². The molecule has 1 rings (SSSR count). The fourth-order valence-electron chi connectivity index (χ4n) is 2.34. The molecule has 2 nitrogen and oxygen atoms in total. The lowest BCUT2D eigenvalue weighted by Gasteiger charge is -2.21. The van der Waals surface area contributed by atoms with Gasteiger partial charge in [0.25, 0.3) is 0 Å². The zero-order chi connectivity index (χ0) is 12.5. The number of rotatable bonds is 11. The van der Waals surface area contributed by atoms with Gasteiger partial charge in [0.05, 0.1) is 13.2 Å². The maximum absolute atomic E-state index is 5.74. The van der Waals surface area contributed by atoms with Gasteiger partial charge in [0.2, 0.25) is 0 Å². The maximum atomic E-state index is 5.74. The highest BCUT2D eigenvalue weighted by atomic mass is 16.6. The van der Waals surface area contributed by atoms with Gasteiger partial charge in [-0.1, -0.05) is 52.9 Å². The molecule has 1 aliphatic rings. The monoisotopic (exact) mass is 242 g/mol. The van der Waals surface area contributed by atoms with Gasteiger partial charge in [0, 0.05) is 6.61 Å². The first-order chi connectivity index (χ1) is 8.30. The molecule has 0 unspecified atom stereocenters. The molecule has 0 aromatic heterocycles. The second kappa shape index (κ2) is 8.93. The van der Waals surface area contributed by atoms with Gasteiger partial charge in [0.15, 0.2) is 0 Å². The first-order valence-electron chi connectivity index (χ1n) is 7.49. The summed E-state index contributed by atoms with van der Waals surface area (Å²) in [7, 11) is 0. The van der Waals surface area contributed by atoms with E-state index in [-0.39, 0.29) is 0 Å². The van der Waals surface area contributed by atoms with Crippen LogP contribution in [0.4, 0.5) is 0 Å². The summed E-state index contributed by atoms with van der Waals surface area (Å²) in [5, 5.41) is 0. The van der Waals surface area contributed by atoms with Crippen LogP contribution in [-0.2, 0) is 9.47 Å². The van der Waals surface area contributed by atoms with Crippen LogP contribution in [0.3, 0.4) is 0 Å². The zero-order valence-electron chi connectivity index (χ0n) is 11.9. The van der Waals surface area contributed by atoms with Crippen LogP contribution in [0.1, 0.15) is 59.3 Å². The van der Waals surface area contributed by atoms with Crippen LogP contribution in [0.25, 0.3) is 0 Å². The number of epoxide rings is 1. The van der Waals surface area contributed by atoms with E-state index in [2.05, 4.69) is 20.8 Å². The van der Waals surface area contributed by atoms with Crippen molar-refractivity contribution in [3.63, 3.8) is 0 Å². The van der Waals surface area contributed by atoms with Crippen molar-refractivity contribution in [3.8, 4) is 0 Å². The third-order valence-corrected chi connectivity index (χ3v) is 3.85. The molecule has 3 atom stereocenters. The molecule has 0 amide bonds. The number of ether oxygens (including phenoxy) is 2. The molecule has 0 aromatic carbocycles. The molecule has 2 heteroatoms. The molecule has 0 aliphatic carbocycles. The highest BCUT2D eigenvalue weighted by Crippen LogP contribution is 2.24. The van der Waals surface area contributed by atoms with E-state index in [1.54, 1.807) is 0 Å². The normalized spacial score (nSPS) is 22.4. The van der Waals surface area contributed by atoms with E-state index >= 15 is 0 Å². The highest BCUT2D eigenvalue weighted by Gasteiger charge is 2.23. The average Bonchev–Trinajstić information content (AvgIpc) is 3.16. The van der Waals surface area contributed by atoms with Gasteiger partial charge in [0.1, 0.15) is 6.10 Å². The Labute approximate surface area is 107 Å². The number of unbranched alkanes of at least 4 members (excludes halogenated alkanes) is 1. The summed E-state index contributed by atoms with van der Waals surface area (Å²) in [6.07, 6.45) is 8.42. The molecule has 1 saturated heterocycles. The lowest BCUT2D eigenvalue weighted by atomic mass is 9.88. The van der Waals surface area contributed by atoms with Crippen LogP contribution in [0.15, 0.2) is 0 Å². The lowest BCUT2D eigenvalue weighted by Crippen LogP contribution is -2.15. The Morgan fingerprint density at radius 3 is 2.41 bits per heavy atom. The second-order valence-electron chi connectivity index (χ2n) is 5.42. The molecule has 102 valence electrons. The SMILES string of the molecule is CCCC[C@H](CC)C[C@H](CC)COC[C@H]1CO1. The number of hydrogen-bond acceptors (Lipinski definition) is 2. The second-order valence-corrected chi connectivity index (χ2v) is 5.42. The molecule has 0 aromatic rings. The summed E-state index contributed by atoms with van der Waals surface area (Å²) < 4.78 is 10.9. The molecule has 0 radical (unpaired) electrons. The van der Waals surface area contributed by atoms with E-state index in [9.17, 15) is 0 Å². The Bertz CT molecular complexity index is 178. The molecule has 1 aliphatic heterocycles. The van der Waals surface area contributed by atoms with Crippen LogP contribution in [-0.4, -0.2) is 25.9 Å². The van der Waals surface area contributed by atoms with E-state index in [4.69, 9.17) is 9.47 Å². The van der Waals surface area contributed by atoms with Crippen molar-refractivity contribution in [2.45, 2.75) is 65.4 Å². The third-order valence-electron chi connectivity index (χ3n) is 3.85. The van der Waals surface area contributed by atoms with Gasteiger partial charge in [-0.15, -0.1) is 0 Å². The summed E-state index contributed by atoms with van der Waals surface area (Å²) in [5.41, 5.74) is 0. The first-order valence-corrected chi connectivity index (χ1v) is 7.49. The van der Waals surface area contributed by atoms with Crippen LogP contribution < -0.4 is 0 Å². The van der Waals surface area contributed by atoms with Crippen LogP contribution in [0.5, 0.6) is 0 Å². The predicted octanol–water partition coefficient (Wildman–Crippen LogP) is 4.03. The predicted molar refractivity (Wildman–Crippen MR) is 72.3 cm³/mol. The van der Waals surface area contributed by atoms with E-state index in [0.717, 1.165) is 31.7 Å². The van der Waals surface area contributed by atoms with Gasteiger partial charge in [-0.25, -0.2) is 0 Å². The first kappa shape index (κ1) is 15.0. The molecule has 0 N–H and O–H groups in total. The molecule has 0 saturated carbocycles. The Hall–Kier alpha value is -0.0800. The fourth-order valence-corrected chi connectivity index (χ4v) is 2.34. The van der Waals surface area contributed by atoms with Gasteiger partial charge >= 0.3 is 0 Å². The van der Waals surface area contributed by atoms with Crippen molar-refractivity contribution in [1.82, 2.24) is 0 Å². The largest absolute Gasteiger partial charge is 0.378 e. The molecular formula is C15H30O2. The van der Waals surface area contributed by atoms with Crippen molar-refractivity contribution >= 4 is 0 Å². The van der Waals surface area contributed by atoms with Crippen molar-refractivity contribution in [1.29, 1.82) is 0 Å². The molecule has 1 heterocycles. The minimum Gasteiger partial charge on any atom is -0.378 e. The fraction of sp³-hybridized carbons (Fsp3) is 1.00. The zero-order valence-corrected chi connectivity index (χ0v) is 11.9. The summed E-state index contributed by atoms with van der Waals surface area (Å²) >= 11 is 0. The molecule has 0 bridgehead atoms. The molecule has 17 heavy (non-hydrogen) atoms. The van der Waals surface area contributed by atoms with E-state index in [1.807, 2.05) is 0 Å². The van der Waals surface area contributed by atoms with Gasteiger partial charge in [-0.3, -0.25) is 0 Å². The Kier molecular flexibility index (Phi) is 7.87. The smallest absolute Gasteiger partial charge is 0.104 e. The topological polar surface area (TPSA) is 21.8 Å². The summed E-state index contributed by atoms with van der Waals surface area (Å²) in [5.74, 6) is 1.65. The van der Waals surface area contributed by atoms with E-state index in [0.29, 0.717) is 6.10 Å². The summed E-state index contributed by atoms with van der Waals surface area (Å²) in [6, 6.07) is 0. The quantitative estimate of drug-likeness (QED) is 0.510. The summed E-state index contributed by atoms with van der Waals surface area (Å²) in [6.45, 7) is 9.54. The molecule has 0 spiro atoms. The maximum Gasteiger partial charge on any atom is 0.104 e. The number of hydrogen-bond donors (Lipinski definition) is 0. The third kappa shape index (κ3) is 7.05. The van der Waals surface area contributed by atoms with Crippen LogP contribution >= 0.6 is 0 Å². The van der Waals surface area contributed by atoms with Gasteiger partial charge in [-0.2, -0.15) is 0 Å². The van der Waals surface area contributed by atoms with E-state index < -0.39 is 0 Å². The lowest BCUT2D eigenvalue weighted by molar-refractivity contribution is 0.0754. The van der Waals surface area contributed by atoms with Crippen molar-refractivity contribution in [2.24, 2.45) is 11.8 Å². The van der Waals surface area contributed by atoms with Crippen LogP contribution in [0, 0.1) is 11.8 Å². The minimum absolute atomic E-state index is 0.412. The highest BCUT2D eigenvalue weighted by molar-refractivity contribution is 4.69. The molecule has 1 fully saturated rings. The van der Waals surface area contributed by atoms with Crippen LogP contribution in [0.2, 0.25) is 0 Å². The minimum atomic E-state index is 0.412. The standard InChI is InChI=1S/C15H30O2/c1-4-7-8-13(5-2)9-14(6-3)10-16-11-15-12-17-15/h13-15H,4-12H2,1-3H3/t13-,14-,15-/m0/s1. The average molecular weight is 242 g/mol. The summed E-state index contributed by atoms with van der Waals surface area (Å²) in [4.78, 5) is 0. The van der Waals surface area contributed by atoms with Crippen molar-refractivity contribution in [2.75, 3.05) is 19.8 Å². The Morgan fingerprint density at radius 1 is 1.18 bits per heavy atom. The van der Waals surface area contributed by atoms with Crippen molar-refractivity contribution in [3.05, 3.63) is 0 Å². The molecular weight excluding hydrogens is 212 g/mol. The van der Waals surface area contributed by atoms with Gasteiger partial charge in [-0.05, 0) is 18.3 Å². The van der Waals surface area contributed by atoms with Crippen molar-refractivity contribution < 1.29 is 9.47 Å². The van der Waals surface area contributed by atoms with Gasteiger partial charge < -0.3 is 9.47 Å². The Balaban J connectivity index is 2.12. The Morgan fingerprint density at radius 2 is 1.88 bits per heavy atom.